The number of hydrogen-bond donors (Lipinski definition) is 1. The minimum Gasteiger partial charge on any atom is -0.308 e. The van der Waals surface area contributed by atoms with Crippen LogP contribution in [0.2, 0.25) is 10.0 Å². The van der Waals surface area contributed by atoms with Crippen LogP contribution in [0.4, 0.5) is 0 Å². The van der Waals surface area contributed by atoms with E-state index in [2.05, 4.69) is 45.3 Å². The van der Waals surface area contributed by atoms with E-state index in [0.29, 0.717) is 10.0 Å². The molecule has 1 N–H and O–H groups in total. The fourth-order valence-electron chi connectivity index (χ4n) is 1.93. The van der Waals surface area contributed by atoms with Crippen molar-refractivity contribution in [2.24, 2.45) is 0 Å². The second-order valence-electron chi connectivity index (χ2n) is 4.44. The number of aromatic nitrogens is 1. The van der Waals surface area contributed by atoms with Crippen LogP contribution >= 0.6 is 50.5 Å². The smallest absolute Gasteiger partial charge is 0.0763 e. The van der Waals surface area contributed by atoms with Gasteiger partial charge in [0, 0.05) is 17.5 Å². The monoisotopic (exact) mass is 392 g/mol. The predicted octanol–water partition coefficient (Wildman–Crippen LogP) is 5.50. The van der Waals surface area contributed by atoms with Gasteiger partial charge in [0.05, 0.1) is 25.6 Å². The van der Waals surface area contributed by atoms with Crippen LogP contribution in [0.3, 0.4) is 0 Å². The molecule has 0 aliphatic carbocycles. The minimum absolute atomic E-state index is 0.102. The van der Waals surface area contributed by atoms with E-state index in [1.807, 2.05) is 0 Å². The van der Waals surface area contributed by atoms with Gasteiger partial charge in [-0.15, -0.1) is 11.3 Å². The van der Waals surface area contributed by atoms with E-state index in [-0.39, 0.29) is 6.04 Å². The van der Waals surface area contributed by atoms with Crippen molar-refractivity contribution in [1.29, 1.82) is 0 Å². The van der Waals surface area contributed by atoms with Crippen LogP contribution in [0.5, 0.6) is 0 Å². The summed E-state index contributed by atoms with van der Waals surface area (Å²) in [5.41, 5.74) is 0.856. The fraction of sp³-hybridized carbons (Fsp3) is 0.357. The molecule has 0 spiro atoms. The highest BCUT2D eigenvalue weighted by atomic mass is 79.9. The van der Waals surface area contributed by atoms with Gasteiger partial charge in [0.2, 0.25) is 0 Å². The van der Waals surface area contributed by atoms with Crippen LogP contribution in [0, 0.1) is 0 Å². The van der Waals surface area contributed by atoms with Crippen molar-refractivity contribution in [1.82, 2.24) is 10.3 Å². The molecular formula is C14H15BrCl2N2S. The normalized spacial score (nSPS) is 12.6. The molecule has 2 rings (SSSR count). The lowest BCUT2D eigenvalue weighted by molar-refractivity contribution is 0.521. The van der Waals surface area contributed by atoms with Crippen molar-refractivity contribution in [2.45, 2.75) is 25.8 Å². The SMILES string of the molecule is CCCNC(Cc1ccc(Br)s1)c1ncc(Cl)cc1Cl. The molecule has 2 heterocycles. The second kappa shape index (κ2) is 7.76. The van der Waals surface area contributed by atoms with Crippen molar-refractivity contribution >= 4 is 50.5 Å². The molecule has 2 aromatic heterocycles. The van der Waals surface area contributed by atoms with Crippen molar-refractivity contribution in [2.75, 3.05) is 6.54 Å². The first-order valence-electron chi connectivity index (χ1n) is 6.38. The molecule has 2 aromatic rings. The van der Waals surface area contributed by atoms with Gasteiger partial charge < -0.3 is 5.32 Å². The van der Waals surface area contributed by atoms with Crippen LogP contribution < -0.4 is 5.32 Å². The molecule has 0 aliphatic rings. The van der Waals surface area contributed by atoms with Crippen LogP contribution in [0.25, 0.3) is 0 Å². The lowest BCUT2D eigenvalue weighted by Crippen LogP contribution is -2.25. The van der Waals surface area contributed by atoms with Gasteiger partial charge in [0.15, 0.2) is 0 Å². The van der Waals surface area contributed by atoms with E-state index >= 15 is 0 Å². The first kappa shape index (κ1) is 16.2. The summed E-state index contributed by atoms with van der Waals surface area (Å²) in [6.07, 6.45) is 3.58. The number of nitrogens with zero attached hydrogens (tertiary/aromatic N) is 1. The molecule has 0 fully saturated rings. The Morgan fingerprint density at radius 3 is 2.80 bits per heavy atom. The van der Waals surface area contributed by atoms with Gasteiger partial charge in [0.1, 0.15) is 0 Å². The Balaban J connectivity index is 2.22. The largest absolute Gasteiger partial charge is 0.308 e. The van der Waals surface area contributed by atoms with E-state index in [0.717, 1.165) is 28.9 Å². The standard InChI is InChI=1S/C14H15BrCl2N2S/c1-2-5-18-12(7-10-3-4-13(15)20-10)14-11(17)6-9(16)8-19-14/h3-4,6,8,12,18H,2,5,7H2,1H3. The Morgan fingerprint density at radius 2 is 2.20 bits per heavy atom. The summed E-state index contributed by atoms with van der Waals surface area (Å²) in [6.45, 7) is 3.07. The molecule has 108 valence electrons. The molecule has 0 aromatic carbocycles. The van der Waals surface area contributed by atoms with Crippen LogP contribution in [-0.2, 0) is 6.42 Å². The fourth-order valence-corrected chi connectivity index (χ4v) is 3.97. The predicted molar refractivity (Wildman–Crippen MR) is 91.0 cm³/mol. The van der Waals surface area contributed by atoms with Crippen molar-refractivity contribution in [3.63, 3.8) is 0 Å². The molecule has 1 atom stereocenters. The summed E-state index contributed by atoms with van der Waals surface area (Å²) >= 11 is 17.4. The van der Waals surface area contributed by atoms with Gasteiger partial charge in [-0.1, -0.05) is 30.1 Å². The maximum Gasteiger partial charge on any atom is 0.0763 e. The van der Waals surface area contributed by atoms with E-state index in [4.69, 9.17) is 23.2 Å². The Bertz CT molecular complexity index is 574. The van der Waals surface area contributed by atoms with Gasteiger partial charge in [-0.25, -0.2) is 0 Å². The van der Waals surface area contributed by atoms with Crippen LogP contribution in [0.1, 0.15) is 30.0 Å². The molecule has 0 bridgehead atoms. The van der Waals surface area contributed by atoms with E-state index in [9.17, 15) is 0 Å². The molecule has 2 nitrogen and oxygen atoms in total. The van der Waals surface area contributed by atoms with Crippen molar-refractivity contribution in [3.05, 3.63) is 48.8 Å². The number of halogens is 3. The van der Waals surface area contributed by atoms with E-state index in [1.165, 1.54) is 4.88 Å². The number of rotatable bonds is 6. The quantitative estimate of drug-likeness (QED) is 0.701. The Morgan fingerprint density at radius 1 is 1.40 bits per heavy atom. The third kappa shape index (κ3) is 4.43. The van der Waals surface area contributed by atoms with Gasteiger partial charge in [-0.2, -0.15) is 0 Å². The zero-order valence-electron chi connectivity index (χ0n) is 11.0. The lowest BCUT2D eigenvalue weighted by atomic mass is 10.1. The Hall–Kier alpha value is -0.130. The summed E-state index contributed by atoms with van der Waals surface area (Å²) in [5.74, 6) is 0. The molecule has 0 saturated heterocycles. The third-order valence-corrected chi connectivity index (χ3v) is 5.00. The molecule has 0 radical (unpaired) electrons. The molecule has 0 saturated carbocycles. The van der Waals surface area contributed by atoms with Gasteiger partial charge in [0.25, 0.3) is 0 Å². The number of nitrogens with one attached hydrogen (secondary N) is 1. The van der Waals surface area contributed by atoms with Crippen molar-refractivity contribution in [3.8, 4) is 0 Å². The average molecular weight is 394 g/mol. The summed E-state index contributed by atoms with van der Waals surface area (Å²) in [7, 11) is 0. The highest BCUT2D eigenvalue weighted by molar-refractivity contribution is 9.11. The number of hydrogen-bond acceptors (Lipinski definition) is 3. The Labute approximate surface area is 141 Å². The van der Waals surface area contributed by atoms with Crippen LogP contribution in [0.15, 0.2) is 28.2 Å². The number of pyridine rings is 1. The topological polar surface area (TPSA) is 24.9 Å². The Kier molecular flexibility index (Phi) is 6.30. The zero-order chi connectivity index (χ0) is 14.5. The highest BCUT2D eigenvalue weighted by Gasteiger charge is 2.17. The summed E-state index contributed by atoms with van der Waals surface area (Å²) in [5, 5.41) is 4.68. The maximum absolute atomic E-state index is 6.28. The van der Waals surface area contributed by atoms with E-state index < -0.39 is 0 Å². The van der Waals surface area contributed by atoms with Crippen molar-refractivity contribution < 1.29 is 0 Å². The summed E-state index contributed by atoms with van der Waals surface area (Å²) in [6, 6.07) is 6.04. The third-order valence-electron chi connectivity index (χ3n) is 2.84. The van der Waals surface area contributed by atoms with Gasteiger partial charge in [-0.05, 0) is 47.1 Å². The molecule has 0 amide bonds. The maximum atomic E-state index is 6.28. The van der Waals surface area contributed by atoms with E-state index in [1.54, 1.807) is 23.6 Å². The second-order valence-corrected chi connectivity index (χ2v) is 7.83. The summed E-state index contributed by atoms with van der Waals surface area (Å²) in [4.78, 5) is 5.69. The molecule has 0 aliphatic heterocycles. The first-order valence-corrected chi connectivity index (χ1v) is 8.75. The highest BCUT2D eigenvalue weighted by Crippen LogP contribution is 2.30. The lowest BCUT2D eigenvalue weighted by Gasteiger charge is -2.18. The average Bonchev–Trinajstić information content (AvgIpc) is 2.80. The van der Waals surface area contributed by atoms with Crippen LogP contribution in [-0.4, -0.2) is 11.5 Å². The minimum atomic E-state index is 0.102. The molecule has 6 heteroatoms. The molecule has 20 heavy (non-hydrogen) atoms. The number of thiophene rings is 1. The van der Waals surface area contributed by atoms with Gasteiger partial charge in [-0.3, -0.25) is 4.98 Å². The zero-order valence-corrected chi connectivity index (χ0v) is 14.9. The van der Waals surface area contributed by atoms with Gasteiger partial charge >= 0.3 is 0 Å². The molecule has 1 unspecified atom stereocenters. The first-order chi connectivity index (χ1) is 9.60. The summed E-state index contributed by atoms with van der Waals surface area (Å²) < 4.78 is 1.14. The molecular weight excluding hydrogens is 379 g/mol.